The van der Waals surface area contributed by atoms with Crippen LogP contribution >= 0.6 is 0 Å². The topological polar surface area (TPSA) is 116 Å². The number of carbonyl (C=O) groups excluding carboxylic acids is 2. The molecule has 2 heterocycles. The number of nitrogens with two attached hydrogens (primary N) is 2. The van der Waals surface area contributed by atoms with Gasteiger partial charge in [0, 0.05) is 28.5 Å². The van der Waals surface area contributed by atoms with Crippen LogP contribution in [0, 0.1) is 0 Å². The highest BCUT2D eigenvalue weighted by molar-refractivity contribution is 5.93. The van der Waals surface area contributed by atoms with Gasteiger partial charge in [-0.1, -0.05) is 24.3 Å². The molecule has 4 N–H and O–H groups in total. The summed E-state index contributed by atoms with van der Waals surface area (Å²) in [5, 5.41) is 0. The highest BCUT2D eigenvalue weighted by atomic mass is 16.1. The van der Waals surface area contributed by atoms with Crippen molar-refractivity contribution in [1.82, 2.24) is 14.4 Å². The molecule has 0 spiro atoms. The fraction of sp³-hybridized carbons (Fsp3) is 0. The minimum Gasteiger partial charge on any atom is -0.366 e. The summed E-state index contributed by atoms with van der Waals surface area (Å²) in [7, 11) is 0. The lowest BCUT2D eigenvalue weighted by Gasteiger charge is -2.06. The first-order chi connectivity index (χ1) is 13.0. The Bertz CT molecular complexity index is 1160. The molecule has 4 rings (SSSR count). The van der Waals surface area contributed by atoms with Gasteiger partial charge in [0.25, 0.3) is 0 Å². The molecule has 0 aliphatic rings. The summed E-state index contributed by atoms with van der Waals surface area (Å²) in [4.78, 5) is 31.3. The van der Waals surface area contributed by atoms with E-state index in [-0.39, 0.29) is 0 Å². The number of aromatic nitrogens is 3. The second kappa shape index (κ2) is 6.38. The number of rotatable bonds is 4. The van der Waals surface area contributed by atoms with E-state index in [1.165, 1.54) is 0 Å². The van der Waals surface area contributed by atoms with E-state index in [0.717, 1.165) is 22.5 Å². The zero-order valence-electron chi connectivity index (χ0n) is 14.2. The molecule has 0 saturated carbocycles. The van der Waals surface area contributed by atoms with Gasteiger partial charge in [0.05, 0.1) is 23.8 Å². The average molecular weight is 357 g/mol. The van der Waals surface area contributed by atoms with Crippen LogP contribution in [0.25, 0.3) is 28.2 Å². The summed E-state index contributed by atoms with van der Waals surface area (Å²) in [6, 6.07) is 13.9. The molecule has 7 nitrogen and oxygen atoms in total. The third-order valence-corrected chi connectivity index (χ3v) is 4.33. The summed E-state index contributed by atoms with van der Waals surface area (Å²) in [5.41, 5.74) is 15.5. The summed E-state index contributed by atoms with van der Waals surface area (Å²) in [6.07, 6.45) is 5.30. The number of hydrogen-bond donors (Lipinski definition) is 2. The van der Waals surface area contributed by atoms with Crippen molar-refractivity contribution in [2.45, 2.75) is 0 Å². The summed E-state index contributed by atoms with van der Waals surface area (Å²) in [6.45, 7) is 0. The molecule has 2 amide bonds. The summed E-state index contributed by atoms with van der Waals surface area (Å²) < 4.78 is 1.92. The molecule has 2 aromatic carbocycles. The van der Waals surface area contributed by atoms with Gasteiger partial charge in [-0.2, -0.15) is 0 Å². The highest BCUT2D eigenvalue weighted by Gasteiger charge is 2.10. The standard InChI is InChI=1S/C20H15N5O2/c21-19(26)14-5-1-12(2-6-14)16-11-25-17(9-24-18(25)10-23-16)13-3-7-15(8-4-13)20(22)27/h1-11H,(H2,21,26)(H2,22,27). The molecule has 2 aromatic heterocycles. The van der Waals surface area contributed by atoms with Crippen molar-refractivity contribution in [3.63, 3.8) is 0 Å². The zero-order chi connectivity index (χ0) is 19.0. The van der Waals surface area contributed by atoms with E-state index in [0.29, 0.717) is 16.8 Å². The van der Waals surface area contributed by atoms with Crippen LogP contribution in [0.3, 0.4) is 0 Å². The maximum Gasteiger partial charge on any atom is 0.248 e. The van der Waals surface area contributed by atoms with Gasteiger partial charge in [0.1, 0.15) is 0 Å². The molecule has 0 fully saturated rings. The van der Waals surface area contributed by atoms with Crippen LogP contribution in [0.4, 0.5) is 0 Å². The van der Waals surface area contributed by atoms with Crippen LogP contribution in [-0.2, 0) is 0 Å². The lowest BCUT2D eigenvalue weighted by molar-refractivity contribution is 0.0992. The molecule has 7 heteroatoms. The van der Waals surface area contributed by atoms with Crippen molar-refractivity contribution < 1.29 is 9.59 Å². The lowest BCUT2D eigenvalue weighted by Crippen LogP contribution is -2.10. The van der Waals surface area contributed by atoms with Crippen LogP contribution < -0.4 is 11.5 Å². The van der Waals surface area contributed by atoms with E-state index < -0.39 is 11.8 Å². The van der Waals surface area contributed by atoms with Crippen LogP contribution in [-0.4, -0.2) is 26.2 Å². The first-order valence-electron chi connectivity index (χ1n) is 8.16. The molecule has 0 unspecified atom stereocenters. The molecular weight excluding hydrogens is 342 g/mol. The van der Waals surface area contributed by atoms with Gasteiger partial charge >= 0.3 is 0 Å². The van der Waals surface area contributed by atoms with Crippen molar-refractivity contribution in [3.8, 4) is 22.5 Å². The normalized spacial score (nSPS) is 10.8. The number of imidazole rings is 1. The molecule has 0 bridgehead atoms. The van der Waals surface area contributed by atoms with E-state index in [1.807, 2.05) is 22.7 Å². The van der Waals surface area contributed by atoms with E-state index in [2.05, 4.69) is 9.97 Å². The van der Waals surface area contributed by atoms with E-state index in [9.17, 15) is 9.59 Å². The summed E-state index contributed by atoms with van der Waals surface area (Å²) in [5.74, 6) is -0.938. The predicted octanol–water partition coefficient (Wildman–Crippen LogP) is 2.26. The average Bonchev–Trinajstić information content (AvgIpc) is 3.11. The second-order valence-corrected chi connectivity index (χ2v) is 6.03. The van der Waals surface area contributed by atoms with Crippen molar-refractivity contribution in [3.05, 3.63) is 78.2 Å². The van der Waals surface area contributed by atoms with Gasteiger partial charge in [-0.05, 0) is 24.3 Å². The molecule has 0 saturated heterocycles. The Hall–Kier alpha value is -4.00. The first kappa shape index (κ1) is 16.5. The van der Waals surface area contributed by atoms with Crippen LogP contribution in [0.15, 0.2) is 67.1 Å². The third kappa shape index (κ3) is 3.02. The maximum atomic E-state index is 11.2. The van der Waals surface area contributed by atoms with E-state index >= 15 is 0 Å². The molecule has 0 radical (unpaired) electrons. The predicted molar refractivity (Wildman–Crippen MR) is 101 cm³/mol. The monoisotopic (exact) mass is 357 g/mol. The number of fused-ring (bicyclic) bond motifs is 1. The van der Waals surface area contributed by atoms with Crippen molar-refractivity contribution in [2.24, 2.45) is 11.5 Å². The van der Waals surface area contributed by atoms with Gasteiger partial charge in [-0.15, -0.1) is 0 Å². The van der Waals surface area contributed by atoms with Crippen LogP contribution in [0.1, 0.15) is 20.7 Å². The van der Waals surface area contributed by atoms with Gasteiger partial charge in [0.2, 0.25) is 11.8 Å². The van der Waals surface area contributed by atoms with Gasteiger partial charge in [-0.25, -0.2) is 4.98 Å². The summed E-state index contributed by atoms with van der Waals surface area (Å²) >= 11 is 0. The number of benzene rings is 2. The fourth-order valence-electron chi connectivity index (χ4n) is 2.86. The SMILES string of the molecule is NC(=O)c1ccc(-c2cn3c(-c4ccc(C(N)=O)cc4)cnc3cn2)cc1. The molecule has 0 aliphatic heterocycles. The Balaban J connectivity index is 1.77. The minimum absolute atomic E-state index is 0.442. The van der Waals surface area contributed by atoms with E-state index in [1.54, 1.807) is 48.8 Å². The third-order valence-electron chi connectivity index (χ3n) is 4.33. The minimum atomic E-state index is -0.471. The second-order valence-electron chi connectivity index (χ2n) is 6.03. The smallest absolute Gasteiger partial charge is 0.248 e. The number of hydrogen-bond acceptors (Lipinski definition) is 4. The first-order valence-corrected chi connectivity index (χ1v) is 8.16. The quantitative estimate of drug-likeness (QED) is 0.582. The van der Waals surface area contributed by atoms with E-state index in [4.69, 9.17) is 11.5 Å². The Labute approximate surface area is 154 Å². The van der Waals surface area contributed by atoms with Crippen LogP contribution in [0.5, 0.6) is 0 Å². The van der Waals surface area contributed by atoms with Crippen molar-refractivity contribution in [1.29, 1.82) is 0 Å². The Morgan fingerprint density at radius 3 is 1.85 bits per heavy atom. The van der Waals surface area contributed by atoms with Crippen molar-refractivity contribution >= 4 is 17.5 Å². The largest absolute Gasteiger partial charge is 0.366 e. The Morgan fingerprint density at radius 1 is 0.741 bits per heavy atom. The molecule has 4 aromatic rings. The van der Waals surface area contributed by atoms with Crippen molar-refractivity contribution in [2.75, 3.05) is 0 Å². The lowest BCUT2D eigenvalue weighted by atomic mass is 10.1. The molecule has 0 aliphatic carbocycles. The number of primary amides is 2. The molecular formula is C20H15N5O2. The van der Waals surface area contributed by atoms with Gasteiger partial charge in [0.15, 0.2) is 5.65 Å². The van der Waals surface area contributed by atoms with Gasteiger partial charge < -0.3 is 11.5 Å². The van der Waals surface area contributed by atoms with Gasteiger partial charge in [-0.3, -0.25) is 19.0 Å². The number of nitrogens with zero attached hydrogens (tertiary/aromatic N) is 3. The van der Waals surface area contributed by atoms with Crippen LogP contribution in [0.2, 0.25) is 0 Å². The Morgan fingerprint density at radius 2 is 1.30 bits per heavy atom. The molecule has 27 heavy (non-hydrogen) atoms. The molecule has 0 atom stereocenters. The highest BCUT2D eigenvalue weighted by Crippen LogP contribution is 2.24. The molecule has 132 valence electrons. The number of carbonyl (C=O) groups is 2. The maximum absolute atomic E-state index is 11.2. The fourth-order valence-corrected chi connectivity index (χ4v) is 2.86. The zero-order valence-corrected chi connectivity index (χ0v) is 14.2. The number of amides is 2. The Kier molecular flexibility index (Phi) is 3.89.